The third-order valence-electron chi connectivity index (χ3n) is 2.72. The van der Waals surface area contributed by atoms with Gasteiger partial charge in [0.25, 0.3) is 5.91 Å². The Labute approximate surface area is 99.6 Å². The number of hydrogen-bond acceptors (Lipinski definition) is 3. The maximum atomic E-state index is 11.6. The summed E-state index contributed by atoms with van der Waals surface area (Å²) in [5, 5.41) is 8.48. The van der Waals surface area contributed by atoms with Crippen molar-refractivity contribution in [1.29, 1.82) is 0 Å². The average Bonchev–Trinajstić information content (AvgIpc) is 2.70. The molecule has 0 saturated heterocycles. The minimum absolute atomic E-state index is 0.0490. The first-order valence-electron chi connectivity index (χ1n) is 5.57. The lowest BCUT2D eigenvalue weighted by atomic mass is 10.1. The molecule has 1 heterocycles. The number of hydrogen-bond donors (Lipinski definition) is 3. The molecule has 1 aromatic rings. The molecule has 17 heavy (non-hydrogen) atoms. The summed E-state index contributed by atoms with van der Waals surface area (Å²) in [6.07, 6.45) is 0.418. The molecule has 5 nitrogen and oxygen atoms in total. The first-order chi connectivity index (χ1) is 8.22. The van der Waals surface area contributed by atoms with E-state index in [1.165, 1.54) is 0 Å². The Morgan fingerprint density at radius 3 is 3.06 bits per heavy atom. The molecule has 2 rings (SSSR count). The SMILES string of the molecule is CNCCC(=O)Nc1cccc2c1CNC2=O. The Bertz CT molecular complexity index is 457. The number of rotatable bonds is 4. The molecule has 5 heteroatoms. The third-order valence-corrected chi connectivity index (χ3v) is 2.72. The number of nitrogens with one attached hydrogen (secondary N) is 3. The van der Waals surface area contributed by atoms with Crippen LogP contribution in [0.25, 0.3) is 0 Å². The Balaban J connectivity index is 2.12. The molecule has 90 valence electrons. The van der Waals surface area contributed by atoms with E-state index in [1.807, 2.05) is 6.07 Å². The number of carbonyl (C=O) groups is 2. The molecule has 0 radical (unpaired) electrons. The van der Waals surface area contributed by atoms with Crippen LogP contribution in [0.4, 0.5) is 5.69 Å². The van der Waals surface area contributed by atoms with Gasteiger partial charge >= 0.3 is 0 Å². The van der Waals surface area contributed by atoms with Crippen LogP contribution in [-0.4, -0.2) is 25.4 Å². The minimum atomic E-state index is -0.0775. The molecule has 0 saturated carbocycles. The maximum Gasteiger partial charge on any atom is 0.251 e. The van der Waals surface area contributed by atoms with E-state index in [0.717, 1.165) is 11.3 Å². The Morgan fingerprint density at radius 2 is 2.29 bits per heavy atom. The number of benzene rings is 1. The molecule has 0 spiro atoms. The normalized spacial score (nSPS) is 13.1. The molecule has 0 aliphatic carbocycles. The second-order valence-corrected chi connectivity index (χ2v) is 3.92. The predicted octanol–water partition coefficient (Wildman–Crippen LogP) is 0.478. The highest BCUT2D eigenvalue weighted by molar-refractivity contribution is 6.02. The van der Waals surface area contributed by atoms with E-state index in [-0.39, 0.29) is 11.8 Å². The van der Waals surface area contributed by atoms with Crippen molar-refractivity contribution < 1.29 is 9.59 Å². The van der Waals surface area contributed by atoms with Crippen LogP contribution in [0.3, 0.4) is 0 Å². The van der Waals surface area contributed by atoms with Crippen LogP contribution >= 0.6 is 0 Å². The second kappa shape index (κ2) is 4.97. The molecule has 0 bridgehead atoms. The van der Waals surface area contributed by atoms with Gasteiger partial charge in [-0.05, 0) is 19.2 Å². The first-order valence-corrected chi connectivity index (χ1v) is 5.57. The van der Waals surface area contributed by atoms with Gasteiger partial charge in [-0.2, -0.15) is 0 Å². The highest BCUT2D eigenvalue weighted by Crippen LogP contribution is 2.24. The van der Waals surface area contributed by atoms with Crippen LogP contribution in [0.15, 0.2) is 18.2 Å². The fraction of sp³-hybridized carbons (Fsp3) is 0.333. The van der Waals surface area contributed by atoms with Crippen molar-refractivity contribution in [3.05, 3.63) is 29.3 Å². The van der Waals surface area contributed by atoms with Crippen molar-refractivity contribution in [2.45, 2.75) is 13.0 Å². The standard InChI is InChI=1S/C12H15N3O2/c1-13-6-5-11(16)15-10-4-2-3-8-9(10)7-14-12(8)17/h2-4,13H,5-7H2,1H3,(H,14,17)(H,15,16). The van der Waals surface area contributed by atoms with Gasteiger partial charge in [-0.1, -0.05) is 6.07 Å². The number of carbonyl (C=O) groups excluding carboxylic acids is 2. The van der Waals surface area contributed by atoms with Gasteiger partial charge in [0.05, 0.1) is 0 Å². The van der Waals surface area contributed by atoms with Crippen molar-refractivity contribution >= 4 is 17.5 Å². The summed E-state index contributed by atoms with van der Waals surface area (Å²) in [6, 6.07) is 5.36. The van der Waals surface area contributed by atoms with Crippen LogP contribution in [-0.2, 0) is 11.3 Å². The fourth-order valence-corrected chi connectivity index (χ4v) is 1.82. The van der Waals surface area contributed by atoms with Gasteiger partial charge in [0.2, 0.25) is 5.91 Å². The third kappa shape index (κ3) is 2.45. The smallest absolute Gasteiger partial charge is 0.251 e. The summed E-state index contributed by atoms with van der Waals surface area (Å²) in [5.74, 6) is -0.126. The van der Waals surface area contributed by atoms with E-state index in [1.54, 1.807) is 19.2 Å². The highest BCUT2D eigenvalue weighted by atomic mass is 16.2. The zero-order valence-corrected chi connectivity index (χ0v) is 9.67. The van der Waals surface area contributed by atoms with E-state index >= 15 is 0 Å². The average molecular weight is 233 g/mol. The van der Waals surface area contributed by atoms with E-state index in [9.17, 15) is 9.59 Å². The lowest BCUT2D eigenvalue weighted by molar-refractivity contribution is -0.116. The molecular formula is C12H15N3O2. The summed E-state index contributed by atoms with van der Waals surface area (Å²) in [4.78, 5) is 23.0. The summed E-state index contributed by atoms with van der Waals surface area (Å²) >= 11 is 0. The lowest BCUT2D eigenvalue weighted by Crippen LogP contribution is -2.19. The molecule has 3 N–H and O–H groups in total. The topological polar surface area (TPSA) is 70.2 Å². The van der Waals surface area contributed by atoms with Gasteiger partial charge in [0.1, 0.15) is 0 Å². The summed E-state index contributed by atoms with van der Waals surface area (Å²) in [5.41, 5.74) is 2.24. The molecule has 0 unspecified atom stereocenters. The van der Waals surface area contributed by atoms with Crippen molar-refractivity contribution in [2.24, 2.45) is 0 Å². The van der Waals surface area contributed by atoms with E-state index in [4.69, 9.17) is 0 Å². The Morgan fingerprint density at radius 1 is 1.47 bits per heavy atom. The molecule has 1 aliphatic heterocycles. The first kappa shape index (κ1) is 11.6. The molecule has 0 fully saturated rings. The van der Waals surface area contributed by atoms with Crippen molar-refractivity contribution in [2.75, 3.05) is 18.9 Å². The van der Waals surface area contributed by atoms with Crippen molar-refractivity contribution in [3.8, 4) is 0 Å². The molecule has 1 aliphatic rings. The summed E-state index contributed by atoms with van der Waals surface area (Å²) in [6.45, 7) is 1.12. The van der Waals surface area contributed by atoms with Crippen molar-refractivity contribution in [1.82, 2.24) is 10.6 Å². The number of fused-ring (bicyclic) bond motifs is 1. The van der Waals surface area contributed by atoms with Crippen LogP contribution in [0.2, 0.25) is 0 Å². The largest absolute Gasteiger partial charge is 0.348 e. The van der Waals surface area contributed by atoms with E-state index in [2.05, 4.69) is 16.0 Å². The Hall–Kier alpha value is -1.88. The molecular weight excluding hydrogens is 218 g/mol. The van der Waals surface area contributed by atoms with E-state index in [0.29, 0.717) is 25.1 Å². The zero-order valence-electron chi connectivity index (χ0n) is 9.67. The zero-order chi connectivity index (χ0) is 12.3. The molecule has 1 aromatic carbocycles. The van der Waals surface area contributed by atoms with Crippen molar-refractivity contribution in [3.63, 3.8) is 0 Å². The van der Waals surface area contributed by atoms with Crippen LogP contribution < -0.4 is 16.0 Å². The summed E-state index contributed by atoms with van der Waals surface area (Å²) < 4.78 is 0. The molecule has 0 atom stereocenters. The number of amides is 2. The summed E-state index contributed by atoms with van der Waals surface area (Å²) in [7, 11) is 1.80. The van der Waals surface area contributed by atoms with Gasteiger partial charge in [0.15, 0.2) is 0 Å². The fourth-order valence-electron chi connectivity index (χ4n) is 1.82. The van der Waals surface area contributed by atoms with Gasteiger partial charge < -0.3 is 16.0 Å². The second-order valence-electron chi connectivity index (χ2n) is 3.92. The van der Waals surface area contributed by atoms with Gasteiger partial charge in [0, 0.05) is 36.3 Å². The minimum Gasteiger partial charge on any atom is -0.348 e. The van der Waals surface area contributed by atoms with E-state index < -0.39 is 0 Å². The Kier molecular flexibility index (Phi) is 3.39. The van der Waals surface area contributed by atoms with Gasteiger partial charge in [-0.3, -0.25) is 9.59 Å². The van der Waals surface area contributed by atoms with Crippen LogP contribution in [0.5, 0.6) is 0 Å². The lowest BCUT2D eigenvalue weighted by Gasteiger charge is -2.08. The van der Waals surface area contributed by atoms with Crippen LogP contribution in [0, 0.1) is 0 Å². The molecule has 2 amide bonds. The maximum absolute atomic E-state index is 11.6. The predicted molar refractivity (Wildman–Crippen MR) is 64.8 cm³/mol. The van der Waals surface area contributed by atoms with Gasteiger partial charge in [-0.15, -0.1) is 0 Å². The quantitative estimate of drug-likeness (QED) is 0.708. The highest BCUT2D eigenvalue weighted by Gasteiger charge is 2.21. The van der Waals surface area contributed by atoms with Gasteiger partial charge in [-0.25, -0.2) is 0 Å². The molecule has 0 aromatic heterocycles. The van der Waals surface area contributed by atoms with Crippen LogP contribution in [0.1, 0.15) is 22.3 Å². The number of anilines is 1. The monoisotopic (exact) mass is 233 g/mol.